The maximum absolute atomic E-state index is 6.55. The minimum absolute atomic E-state index is 0.644. The second-order valence-corrected chi connectivity index (χ2v) is 9.62. The summed E-state index contributed by atoms with van der Waals surface area (Å²) >= 11 is 0. The molecule has 136 valence electrons. The molecule has 0 aliphatic heterocycles. The fourth-order valence-electron chi connectivity index (χ4n) is 2.60. The molecule has 0 atom stereocenters. The molecular weight excluding hydrogens is 328 g/mol. The molecule has 25 heavy (non-hydrogen) atoms. The zero-order valence-electron chi connectivity index (χ0n) is 15.8. The Hall–Kier alpha value is -1.50. The van der Waals surface area contributed by atoms with Crippen molar-refractivity contribution in [3.05, 3.63) is 60.7 Å². The van der Waals surface area contributed by atoms with Crippen molar-refractivity contribution >= 4 is 18.9 Å². The molecule has 4 nitrogen and oxygen atoms in total. The third-order valence-corrected chi connectivity index (χ3v) is 7.40. The summed E-state index contributed by atoms with van der Waals surface area (Å²) in [5.41, 5.74) is 0. The van der Waals surface area contributed by atoms with Crippen molar-refractivity contribution in [1.82, 2.24) is 9.80 Å². The fraction of sp³-hybridized carbons (Fsp3) is 0.400. The first kappa shape index (κ1) is 19.8. The lowest BCUT2D eigenvalue weighted by Crippen LogP contribution is -2.64. The molecule has 0 fully saturated rings. The maximum Gasteiger partial charge on any atom is 0.407 e. The predicted molar refractivity (Wildman–Crippen MR) is 107 cm³/mol. The van der Waals surface area contributed by atoms with E-state index >= 15 is 0 Å². The van der Waals surface area contributed by atoms with Crippen LogP contribution in [0, 0.1) is 0 Å². The molecule has 0 aliphatic rings. The highest BCUT2D eigenvalue weighted by Gasteiger charge is 2.42. The number of rotatable bonds is 10. The van der Waals surface area contributed by atoms with E-state index in [1.54, 1.807) is 0 Å². The van der Waals surface area contributed by atoms with E-state index in [9.17, 15) is 0 Å². The molecular formula is C20H30N2O2Si. The van der Waals surface area contributed by atoms with Crippen LogP contribution in [0.15, 0.2) is 60.7 Å². The average molecular weight is 359 g/mol. The Morgan fingerprint density at radius 1 is 0.640 bits per heavy atom. The Kier molecular flexibility index (Phi) is 7.80. The highest BCUT2D eigenvalue weighted by atomic mass is 28.4. The second kappa shape index (κ2) is 9.84. The molecule has 0 saturated heterocycles. The standard InChI is InChI=1S/C20H30N2O2Si/c1-21(2)15-17-23-25(24-18-16-22(3)4,19-11-7-5-8-12-19)20-13-9-6-10-14-20/h5-14H,15-18H2,1-4H3. The van der Waals surface area contributed by atoms with Gasteiger partial charge in [-0.2, -0.15) is 0 Å². The molecule has 0 saturated carbocycles. The summed E-state index contributed by atoms with van der Waals surface area (Å²) < 4.78 is 13.1. The van der Waals surface area contributed by atoms with Crippen molar-refractivity contribution in [3.63, 3.8) is 0 Å². The van der Waals surface area contributed by atoms with Gasteiger partial charge in [0, 0.05) is 26.3 Å². The third-order valence-electron chi connectivity index (χ3n) is 4.00. The van der Waals surface area contributed by atoms with Crippen LogP contribution in [0.1, 0.15) is 0 Å². The van der Waals surface area contributed by atoms with E-state index in [1.807, 2.05) is 12.1 Å². The number of likely N-dealkylation sites (N-methyl/N-ethyl adjacent to an activating group) is 2. The second-order valence-electron chi connectivity index (χ2n) is 6.65. The van der Waals surface area contributed by atoms with Crippen LogP contribution >= 0.6 is 0 Å². The van der Waals surface area contributed by atoms with Gasteiger partial charge in [0.15, 0.2) is 0 Å². The van der Waals surface area contributed by atoms with Crippen molar-refractivity contribution in [3.8, 4) is 0 Å². The van der Waals surface area contributed by atoms with Gasteiger partial charge in [-0.15, -0.1) is 0 Å². The van der Waals surface area contributed by atoms with E-state index < -0.39 is 8.56 Å². The van der Waals surface area contributed by atoms with E-state index in [0.717, 1.165) is 23.5 Å². The SMILES string of the molecule is CN(C)CCO[Si](OCCN(C)C)(c1ccccc1)c1ccccc1. The summed E-state index contributed by atoms with van der Waals surface area (Å²) in [7, 11) is 5.51. The van der Waals surface area contributed by atoms with E-state index in [-0.39, 0.29) is 0 Å². The van der Waals surface area contributed by atoms with E-state index in [2.05, 4.69) is 86.5 Å². The van der Waals surface area contributed by atoms with Gasteiger partial charge in [0.25, 0.3) is 0 Å². The van der Waals surface area contributed by atoms with Gasteiger partial charge in [-0.05, 0) is 38.6 Å². The first-order valence-corrected chi connectivity index (χ1v) is 10.5. The highest BCUT2D eigenvalue weighted by Crippen LogP contribution is 2.10. The zero-order chi connectivity index (χ0) is 18.1. The number of benzene rings is 2. The van der Waals surface area contributed by atoms with Gasteiger partial charge in [0.2, 0.25) is 0 Å². The Morgan fingerprint density at radius 3 is 1.32 bits per heavy atom. The first-order chi connectivity index (χ1) is 12.0. The zero-order valence-corrected chi connectivity index (χ0v) is 16.8. The van der Waals surface area contributed by atoms with Gasteiger partial charge in [-0.25, -0.2) is 0 Å². The Balaban J connectivity index is 2.37. The number of nitrogens with zero attached hydrogens (tertiary/aromatic N) is 2. The molecule has 0 radical (unpaired) electrons. The molecule has 2 aromatic rings. The van der Waals surface area contributed by atoms with Crippen molar-refractivity contribution in [2.45, 2.75) is 0 Å². The average Bonchev–Trinajstić information content (AvgIpc) is 2.61. The Labute approximate surface area is 153 Å². The fourth-order valence-corrected chi connectivity index (χ4v) is 5.70. The van der Waals surface area contributed by atoms with Gasteiger partial charge < -0.3 is 18.7 Å². The molecule has 2 rings (SSSR count). The molecule has 0 aliphatic carbocycles. The van der Waals surface area contributed by atoms with Crippen LogP contribution in [0.2, 0.25) is 0 Å². The minimum Gasteiger partial charge on any atom is -0.386 e. The van der Waals surface area contributed by atoms with Crippen LogP contribution in [-0.4, -0.2) is 72.9 Å². The Morgan fingerprint density at radius 2 is 1.00 bits per heavy atom. The van der Waals surface area contributed by atoms with E-state index in [0.29, 0.717) is 13.2 Å². The molecule has 0 spiro atoms. The lowest BCUT2D eigenvalue weighted by atomic mass is 10.4. The molecule has 0 aromatic heterocycles. The van der Waals surface area contributed by atoms with Crippen molar-refractivity contribution in [2.75, 3.05) is 54.5 Å². The maximum atomic E-state index is 6.55. The smallest absolute Gasteiger partial charge is 0.386 e. The van der Waals surface area contributed by atoms with Crippen LogP contribution < -0.4 is 10.4 Å². The third kappa shape index (κ3) is 5.76. The van der Waals surface area contributed by atoms with Crippen molar-refractivity contribution in [1.29, 1.82) is 0 Å². The molecule has 5 heteroatoms. The summed E-state index contributed by atoms with van der Waals surface area (Å²) in [6.07, 6.45) is 0. The number of hydrogen-bond donors (Lipinski definition) is 0. The van der Waals surface area contributed by atoms with E-state index in [1.165, 1.54) is 0 Å². The van der Waals surface area contributed by atoms with E-state index in [4.69, 9.17) is 8.85 Å². The molecule has 0 unspecified atom stereocenters. The van der Waals surface area contributed by atoms with Crippen molar-refractivity contribution in [2.24, 2.45) is 0 Å². The quantitative estimate of drug-likeness (QED) is 0.600. The Bertz CT molecular complexity index is 550. The van der Waals surface area contributed by atoms with Crippen LogP contribution in [0.25, 0.3) is 0 Å². The summed E-state index contributed by atoms with van der Waals surface area (Å²) in [4.78, 5) is 4.27. The van der Waals surface area contributed by atoms with Crippen LogP contribution in [0.3, 0.4) is 0 Å². The van der Waals surface area contributed by atoms with Gasteiger partial charge in [0.05, 0.1) is 0 Å². The van der Waals surface area contributed by atoms with Crippen LogP contribution in [-0.2, 0) is 8.85 Å². The molecule has 0 bridgehead atoms. The van der Waals surface area contributed by atoms with Gasteiger partial charge in [-0.3, -0.25) is 0 Å². The van der Waals surface area contributed by atoms with Gasteiger partial charge in [-0.1, -0.05) is 60.7 Å². The topological polar surface area (TPSA) is 24.9 Å². The number of hydrogen-bond acceptors (Lipinski definition) is 4. The molecule has 0 N–H and O–H groups in total. The minimum atomic E-state index is -2.73. The van der Waals surface area contributed by atoms with Crippen LogP contribution in [0.4, 0.5) is 0 Å². The van der Waals surface area contributed by atoms with Gasteiger partial charge >= 0.3 is 8.56 Å². The summed E-state index contributed by atoms with van der Waals surface area (Å²) in [6.45, 7) is 3.02. The lowest BCUT2D eigenvalue weighted by molar-refractivity contribution is 0.164. The van der Waals surface area contributed by atoms with Crippen molar-refractivity contribution < 1.29 is 8.85 Å². The molecule has 0 amide bonds. The monoisotopic (exact) mass is 358 g/mol. The molecule has 2 aromatic carbocycles. The summed E-state index contributed by atoms with van der Waals surface area (Å²) in [5.74, 6) is 0. The normalized spacial score (nSPS) is 12.1. The summed E-state index contributed by atoms with van der Waals surface area (Å²) in [6, 6.07) is 20.8. The largest absolute Gasteiger partial charge is 0.407 e. The molecule has 0 heterocycles. The van der Waals surface area contributed by atoms with Gasteiger partial charge in [0.1, 0.15) is 0 Å². The summed E-state index contributed by atoms with van der Waals surface area (Å²) in [5, 5.41) is 2.30. The lowest BCUT2D eigenvalue weighted by Gasteiger charge is -2.32. The first-order valence-electron chi connectivity index (χ1n) is 8.73. The highest BCUT2D eigenvalue weighted by molar-refractivity contribution is 6.92. The van der Waals surface area contributed by atoms with Crippen LogP contribution in [0.5, 0.6) is 0 Å². The predicted octanol–water partition coefficient (Wildman–Crippen LogP) is 1.40.